The Morgan fingerprint density at radius 2 is 1.77 bits per heavy atom. The predicted molar refractivity (Wildman–Crippen MR) is 82.6 cm³/mol. The first-order chi connectivity index (χ1) is 10.8. The van der Waals surface area contributed by atoms with Crippen LogP contribution in [0.1, 0.15) is 30.1 Å². The number of ether oxygens (including phenoxy) is 2. The van der Waals surface area contributed by atoms with Crippen LogP contribution in [0.2, 0.25) is 0 Å². The molecule has 1 aliphatic heterocycles. The summed E-state index contributed by atoms with van der Waals surface area (Å²) in [5, 5.41) is 0. The van der Waals surface area contributed by atoms with Crippen molar-refractivity contribution < 1.29 is 14.3 Å². The Labute approximate surface area is 129 Å². The number of ketones is 1. The highest BCUT2D eigenvalue weighted by Gasteiger charge is 2.50. The third kappa shape index (κ3) is 2.90. The van der Waals surface area contributed by atoms with E-state index in [2.05, 4.69) is 0 Å². The quantitative estimate of drug-likeness (QED) is 0.763. The van der Waals surface area contributed by atoms with Crippen molar-refractivity contribution in [3.05, 3.63) is 65.7 Å². The molecular formula is C19H18O3. The molecule has 1 aliphatic carbocycles. The minimum atomic E-state index is -0.205. The Hall–Kier alpha value is -2.13. The van der Waals surface area contributed by atoms with Gasteiger partial charge in [0.1, 0.15) is 24.6 Å². The van der Waals surface area contributed by atoms with E-state index in [1.165, 1.54) is 0 Å². The average molecular weight is 294 g/mol. The van der Waals surface area contributed by atoms with Gasteiger partial charge >= 0.3 is 0 Å². The zero-order chi connectivity index (χ0) is 14.9. The maximum absolute atomic E-state index is 11.9. The largest absolute Gasteiger partial charge is 0.489 e. The van der Waals surface area contributed by atoms with Crippen molar-refractivity contribution in [3.8, 4) is 5.75 Å². The van der Waals surface area contributed by atoms with E-state index in [-0.39, 0.29) is 23.9 Å². The van der Waals surface area contributed by atoms with E-state index in [0.29, 0.717) is 6.61 Å². The molecule has 0 aromatic heterocycles. The lowest BCUT2D eigenvalue weighted by molar-refractivity contribution is -0.121. The Morgan fingerprint density at radius 1 is 1.05 bits per heavy atom. The monoisotopic (exact) mass is 294 g/mol. The molecule has 0 bridgehead atoms. The second-order valence-electron chi connectivity index (χ2n) is 6.00. The Morgan fingerprint density at radius 3 is 2.45 bits per heavy atom. The average Bonchev–Trinajstić information content (AvgIpc) is 3.47. The summed E-state index contributed by atoms with van der Waals surface area (Å²) in [6, 6.07) is 18.0. The van der Waals surface area contributed by atoms with Gasteiger partial charge in [0, 0.05) is 5.92 Å². The molecule has 1 unspecified atom stereocenters. The van der Waals surface area contributed by atoms with Gasteiger partial charge in [-0.15, -0.1) is 0 Å². The molecule has 3 heteroatoms. The van der Waals surface area contributed by atoms with Crippen molar-refractivity contribution in [1.29, 1.82) is 0 Å². The van der Waals surface area contributed by atoms with Crippen LogP contribution >= 0.6 is 0 Å². The molecule has 112 valence electrons. The fraction of sp³-hybridized carbons (Fsp3) is 0.316. The summed E-state index contributed by atoms with van der Waals surface area (Å²) in [6.07, 6.45) is 1.83. The van der Waals surface area contributed by atoms with Gasteiger partial charge in [-0.25, -0.2) is 0 Å². The molecule has 2 aromatic carbocycles. The van der Waals surface area contributed by atoms with Crippen LogP contribution in [-0.2, 0) is 16.1 Å². The molecule has 0 spiro atoms. The number of epoxide rings is 1. The lowest BCUT2D eigenvalue weighted by atomic mass is 10.1. The summed E-state index contributed by atoms with van der Waals surface area (Å²) >= 11 is 0. The molecule has 2 fully saturated rings. The van der Waals surface area contributed by atoms with Gasteiger partial charge in [0.25, 0.3) is 0 Å². The van der Waals surface area contributed by atoms with Crippen molar-refractivity contribution in [1.82, 2.24) is 0 Å². The minimum absolute atomic E-state index is 0.0451. The van der Waals surface area contributed by atoms with Crippen LogP contribution in [-0.4, -0.2) is 11.9 Å². The zero-order valence-electron chi connectivity index (χ0n) is 12.3. The number of benzene rings is 2. The smallest absolute Gasteiger partial charge is 0.167 e. The van der Waals surface area contributed by atoms with E-state index in [1.54, 1.807) is 0 Å². The summed E-state index contributed by atoms with van der Waals surface area (Å²) in [7, 11) is 0. The number of hydrogen-bond acceptors (Lipinski definition) is 3. The van der Waals surface area contributed by atoms with Gasteiger partial charge in [-0.1, -0.05) is 42.5 Å². The van der Waals surface area contributed by atoms with Crippen LogP contribution in [0.15, 0.2) is 54.6 Å². The predicted octanol–water partition coefficient (Wildman–Crippen LogP) is 3.68. The zero-order valence-corrected chi connectivity index (χ0v) is 12.3. The molecule has 0 radical (unpaired) electrons. The van der Waals surface area contributed by atoms with Crippen molar-refractivity contribution in [2.75, 3.05) is 0 Å². The summed E-state index contributed by atoms with van der Waals surface area (Å²) < 4.78 is 11.3. The first-order valence-electron chi connectivity index (χ1n) is 7.77. The molecule has 2 aromatic rings. The van der Waals surface area contributed by atoms with Crippen LogP contribution in [0.5, 0.6) is 5.75 Å². The van der Waals surface area contributed by atoms with Crippen LogP contribution in [0.4, 0.5) is 0 Å². The Bertz CT molecular complexity index is 659. The lowest BCUT2D eigenvalue weighted by Crippen LogP contribution is -2.09. The van der Waals surface area contributed by atoms with Crippen LogP contribution in [0.25, 0.3) is 0 Å². The summed E-state index contributed by atoms with van der Waals surface area (Å²) in [5.74, 6) is 1.39. The SMILES string of the molecule is O=C(C1CC1)C1O[C@H]1c1ccc(OCc2ccccc2)cc1. The molecule has 1 saturated heterocycles. The van der Waals surface area contributed by atoms with Gasteiger partial charge in [-0.2, -0.15) is 0 Å². The lowest BCUT2D eigenvalue weighted by Gasteiger charge is -2.06. The number of carbonyl (C=O) groups is 1. The molecule has 3 nitrogen and oxygen atoms in total. The minimum Gasteiger partial charge on any atom is -0.489 e. The van der Waals surface area contributed by atoms with Crippen molar-refractivity contribution in [2.24, 2.45) is 5.92 Å². The Balaban J connectivity index is 1.34. The van der Waals surface area contributed by atoms with E-state index in [0.717, 1.165) is 29.7 Å². The molecule has 2 aliphatic rings. The standard InChI is InChI=1S/C19H18O3/c20-17(14-6-7-14)19-18(22-19)15-8-10-16(11-9-15)21-12-13-4-2-1-3-5-13/h1-5,8-11,14,18-19H,6-7,12H2/t18-,19?/m0/s1. The topological polar surface area (TPSA) is 38.8 Å². The normalized spacial score (nSPS) is 23.1. The maximum Gasteiger partial charge on any atom is 0.167 e. The third-order valence-electron chi connectivity index (χ3n) is 4.21. The molecule has 2 atom stereocenters. The van der Waals surface area contributed by atoms with E-state index in [1.807, 2.05) is 54.6 Å². The van der Waals surface area contributed by atoms with Crippen molar-refractivity contribution in [3.63, 3.8) is 0 Å². The van der Waals surface area contributed by atoms with Gasteiger partial charge in [-0.05, 0) is 36.1 Å². The van der Waals surface area contributed by atoms with Crippen LogP contribution in [0, 0.1) is 5.92 Å². The molecule has 22 heavy (non-hydrogen) atoms. The van der Waals surface area contributed by atoms with Crippen LogP contribution < -0.4 is 4.74 Å². The highest BCUT2D eigenvalue weighted by Crippen LogP contribution is 2.45. The third-order valence-corrected chi connectivity index (χ3v) is 4.21. The molecule has 0 amide bonds. The highest BCUT2D eigenvalue weighted by atomic mass is 16.6. The molecule has 1 heterocycles. The first-order valence-corrected chi connectivity index (χ1v) is 7.77. The van der Waals surface area contributed by atoms with E-state index < -0.39 is 0 Å². The summed E-state index contributed by atoms with van der Waals surface area (Å²) in [5.41, 5.74) is 2.21. The fourth-order valence-corrected chi connectivity index (χ4v) is 2.68. The van der Waals surface area contributed by atoms with Crippen molar-refractivity contribution >= 4 is 5.78 Å². The number of rotatable bonds is 6. The number of hydrogen-bond donors (Lipinski definition) is 0. The van der Waals surface area contributed by atoms with E-state index in [4.69, 9.17) is 9.47 Å². The highest BCUT2D eigenvalue weighted by molar-refractivity contribution is 5.90. The van der Waals surface area contributed by atoms with Gasteiger partial charge in [-0.3, -0.25) is 4.79 Å². The van der Waals surface area contributed by atoms with Crippen molar-refractivity contribution in [2.45, 2.75) is 31.7 Å². The van der Waals surface area contributed by atoms with Gasteiger partial charge in [0.15, 0.2) is 5.78 Å². The van der Waals surface area contributed by atoms with E-state index in [9.17, 15) is 4.79 Å². The molecule has 1 saturated carbocycles. The first kappa shape index (κ1) is 13.5. The molecule has 0 N–H and O–H groups in total. The summed E-state index contributed by atoms with van der Waals surface area (Å²) in [6.45, 7) is 0.558. The van der Waals surface area contributed by atoms with Gasteiger partial charge in [0.05, 0.1) is 0 Å². The van der Waals surface area contributed by atoms with Crippen LogP contribution in [0.3, 0.4) is 0 Å². The van der Waals surface area contributed by atoms with Gasteiger partial charge in [0.2, 0.25) is 0 Å². The number of carbonyl (C=O) groups excluding carboxylic acids is 1. The molecule has 4 rings (SSSR count). The number of Topliss-reactive ketones (excluding diaryl/α,β-unsaturated/α-hetero) is 1. The maximum atomic E-state index is 11.9. The molecular weight excluding hydrogens is 276 g/mol. The Kier molecular flexibility index (Phi) is 3.43. The summed E-state index contributed by atoms with van der Waals surface area (Å²) in [4.78, 5) is 11.9. The van der Waals surface area contributed by atoms with Gasteiger partial charge < -0.3 is 9.47 Å². The second kappa shape index (κ2) is 5.58. The fourth-order valence-electron chi connectivity index (χ4n) is 2.68. The second-order valence-corrected chi connectivity index (χ2v) is 6.00. The van der Waals surface area contributed by atoms with E-state index >= 15 is 0 Å².